The van der Waals surface area contributed by atoms with Crippen molar-refractivity contribution in [3.63, 3.8) is 0 Å². The zero-order chi connectivity index (χ0) is 42.3. The Hall–Kier alpha value is -2.62. The van der Waals surface area contributed by atoms with Gasteiger partial charge in [-0.3, -0.25) is 0 Å². The van der Waals surface area contributed by atoms with Crippen molar-refractivity contribution < 1.29 is 133 Å². The van der Waals surface area contributed by atoms with Gasteiger partial charge in [-0.1, -0.05) is 41.9 Å². The first kappa shape index (κ1) is 52.7. The van der Waals surface area contributed by atoms with Gasteiger partial charge >= 0.3 is 88.7 Å². The fourth-order valence-electron chi connectivity index (χ4n) is 5.41. The van der Waals surface area contributed by atoms with Crippen LogP contribution in [0.15, 0.2) is 79.5 Å². The second kappa shape index (κ2) is 20.9. The van der Waals surface area contributed by atoms with Gasteiger partial charge in [-0.05, 0) is 65.2 Å². The van der Waals surface area contributed by atoms with Crippen LogP contribution < -0.4 is 105 Å². The number of phenolic OH excluding ortho intramolecular Hbond substituents is 1. The van der Waals surface area contributed by atoms with Gasteiger partial charge in [0, 0.05) is 23.4 Å². The minimum absolute atomic E-state index is 0. The van der Waals surface area contributed by atoms with E-state index in [9.17, 15) is 49.3 Å². The molecule has 0 spiro atoms. The molecule has 0 bridgehead atoms. The van der Waals surface area contributed by atoms with Gasteiger partial charge in [0.1, 0.15) is 53.4 Å². The van der Waals surface area contributed by atoms with E-state index in [0.717, 1.165) is 12.1 Å². The monoisotopic (exact) mass is 975 g/mol. The van der Waals surface area contributed by atoms with E-state index in [1.54, 1.807) is 13.0 Å². The number of halogens is 3. The predicted octanol–water partition coefficient (Wildman–Crippen LogP) is -3.70. The van der Waals surface area contributed by atoms with Crippen molar-refractivity contribution in [3.8, 4) is 11.8 Å². The summed E-state index contributed by atoms with van der Waals surface area (Å²) in [7, 11) is -16.1. The van der Waals surface area contributed by atoms with E-state index in [4.69, 9.17) is 34.8 Å². The van der Waals surface area contributed by atoms with Crippen LogP contribution in [0.4, 0.5) is 34.8 Å². The number of nitrogens with one attached hydrogen (secondary N) is 3. The Morgan fingerprint density at radius 3 is 2.10 bits per heavy atom. The summed E-state index contributed by atoms with van der Waals surface area (Å²) >= 11 is 18.0. The Balaban J connectivity index is 0.00000331. The van der Waals surface area contributed by atoms with Crippen LogP contribution in [0.2, 0.25) is 15.7 Å². The molecule has 0 aliphatic carbocycles. The number of hydrogen-bond donors (Lipinski definition) is 4. The molecule has 30 heteroatoms. The van der Waals surface area contributed by atoms with Crippen LogP contribution >= 0.6 is 34.8 Å². The van der Waals surface area contributed by atoms with Crippen LogP contribution in [-0.2, 0) is 30.4 Å². The summed E-state index contributed by atoms with van der Waals surface area (Å²) in [6.45, 7) is 1.68. The number of fused-ring (bicyclic) bond motifs is 2. The van der Waals surface area contributed by atoms with Crippen molar-refractivity contribution in [3.05, 3.63) is 75.9 Å². The number of rotatable bonds is 12. The number of aromatic nitrogens is 5. The SMILES string of the molecule is CC(CNc1nc(Cl)nc(Nc2cc(S(=O)(=O)[O-])cc3cc(S(=O)(=O)[O-])c(N=Nc4ccc5ccccc5c4S(=O)(=O)[O-])c(O)c23)n1)Nc1nc(Cl)nc(Cl)c1C#N.[Na+].[Na+].[Na+]. The van der Waals surface area contributed by atoms with Crippen LogP contribution in [0.1, 0.15) is 12.5 Å². The molecule has 6 aromatic rings. The summed E-state index contributed by atoms with van der Waals surface area (Å²) in [5, 5.41) is 35.1. The molecule has 4 aromatic carbocycles. The van der Waals surface area contributed by atoms with Crippen molar-refractivity contribution >= 4 is 121 Å². The van der Waals surface area contributed by atoms with Gasteiger partial charge in [0.25, 0.3) is 0 Å². The normalized spacial score (nSPS) is 12.2. The second-order valence-corrected chi connectivity index (χ2v) is 16.8. The van der Waals surface area contributed by atoms with Gasteiger partial charge in [-0.15, -0.1) is 10.2 Å². The molecule has 0 aliphatic heterocycles. The number of aromatic hydroxyl groups is 1. The Labute approximate surface area is 427 Å². The average Bonchev–Trinajstić information content (AvgIpc) is 3.11. The molecule has 0 fully saturated rings. The first-order valence-electron chi connectivity index (χ1n) is 15.6. The van der Waals surface area contributed by atoms with Gasteiger partial charge < -0.3 is 34.7 Å². The number of hydrogen-bond acceptors (Lipinski definition) is 21. The molecule has 4 N–H and O–H groups in total. The number of azo groups is 1. The summed E-state index contributed by atoms with van der Waals surface area (Å²) < 4.78 is 111. The summed E-state index contributed by atoms with van der Waals surface area (Å²) in [5.41, 5.74) is -2.21. The minimum Gasteiger partial charge on any atom is -0.744 e. The third kappa shape index (κ3) is 12.3. The average molecular weight is 977 g/mol. The molecule has 300 valence electrons. The Bertz CT molecular complexity index is 3120. The first-order chi connectivity index (χ1) is 27.1. The van der Waals surface area contributed by atoms with Crippen LogP contribution in [0.5, 0.6) is 5.75 Å². The molecule has 0 aliphatic rings. The smallest absolute Gasteiger partial charge is 0.744 e. The molecule has 21 nitrogen and oxygen atoms in total. The Morgan fingerprint density at radius 2 is 1.46 bits per heavy atom. The van der Waals surface area contributed by atoms with Crippen LogP contribution in [0.3, 0.4) is 0 Å². The van der Waals surface area contributed by atoms with Crippen molar-refractivity contribution in [2.24, 2.45) is 10.2 Å². The number of nitriles is 1. The molecule has 0 amide bonds. The molecule has 1 unspecified atom stereocenters. The summed E-state index contributed by atoms with van der Waals surface area (Å²) in [5.74, 6) is -1.74. The molecule has 0 saturated carbocycles. The third-order valence-electron chi connectivity index (χ3n) is 7.80. The molecule has 61 heavy (non-hydrogen) atoms. The molecule has 2 heterocycles. The van der Waals surface area contributed by atoms with Gasteiger partial charge in [0.15, 0.2) is 16.7 Å². The molecule has 0 radical (unpaired) electrons. The fourth-order valence-corrected chi connectivity index (χ4v) is 8.00. The fraction of sp³-hybridized carbons (Fsp3) is 0.0968. The second-order valence-electron chi connectivity index (χ2n) is 11.8. The van der Waals surface area contributed by atoms with Crippen LogP contribution in [0, 0.1) is 11.3 Å². The minimum atomic E-state index is -5.59. The molecule has 0 saturated heterocycles. The zero-order valence-electron chi connectivity index (χ0n) is 31.5. The van der Waals surface area contributed by atoms with E-state index in [1.807, 2.05) is 6.07 Å². The van der Waals surface area contributed by atoms with Crippen molar-refractivity contribution in [2.45, 2.75) is 27.7 Å². The zero-order valence-corrected chi connectivity index (χ0v) is 42.3. The Kier molecular flexibility index (Phi) is 18.1. The first-order valence-corrected chi connectivity index (χ1v) is 21.0. The van der Waals surface area contributed by atoms with Crippen molar-refractivity contribution in [2.75, 3.05) is 22.5 Å². The quantitative estimate of drug-likeness (QED) is 0.0301. The standard InChI is InChI=1S/C31H22Cl3N11O10S3.3Na/c1-13(37-27-18(11-35)26(32)39-28(33)40-27)12-36-30-41-29(34)42-31(43-30)38-20-10-16(56(47,48)49)8-15-9-21(57(50,51)52)23(24(46)22(15)20)45-44-19-7-6-14-4-2-3-5-17(14)25(19)58(53,54)55;;;/h2-10,13,46H,12H2,1H3,(H,37,39,40)(H,47,48,49)(H,50,51,52)(H,53,54,55)(H2,36,38,41,42,43);;;/q;3*+1/p-3. The van der Waals surface area contributed by atoms with Gasteiger partial charge in [-0.25, -0.2) is 30.2 Å². The van der Waals surface area contributed by atoms with Crippen molar-refractivity contribution in [1.29, 1.82) is 5.26 Å². The maximum atomic E-state index is 12.5. The van der Waals surface area contributed by atoms with Crippen LogP contribution in [-0.4, -0.2) is 81.5 Å². The predicted molar refractivity (Wildman–Crippen MR) is 204 cm³/mol. The van der Waals surface area contributed by atoms with E-state index in [2.05, 4.69) is 51.1 Å². The van der Waals surface area contributed by atoms with Crippen LogP contribution in [0.25, 0.3) is 21.5 Å². The molecular formula is C31H19Cl3N11Na3O10S3. The molecule has 2 aromatic heterocycles. The van der Waals surface area contributed by atoms with E-state index < -0.39 is 95.9 Å². The van der Waals surface area contributed by atoms with E-state index in [0.29, 0.717) is 17.5 Å². The van der Waals surface area contributed by atoms with Crippen molar-refractivity contribution in [1.82, 2.24) is 24.9 Å². The molecule has 6 rings (SSSR count). The Morgan fingerprint density at radius 1 is 0.803 bits per heavy atom. The number of nitrogens with zero attached hydrogens (tertiary/aromatic N) is 8. The third-order valence-corrected chi connectivity index (χ3v) is 11.0. The maximum absolute atomic E-state index is 12.5. The largest absolute Gasteiger partial charge is 1.00 e. The molecule has 1 atom stereocenters. The van der Waals surface area contributed by atoms with E-state index >= 15 is 0 Å². The van der Waals surface area contributed by atoms with Gasteiger partial charge in [-0.2, -0.15) is 25.2 Å². The topological polar surface area (TPSA) is 341 Å². The van der Waals surface area contributed by atoms with E-state index in [-0.39, 0.29) is 128 Å². The number of phenols is 1. The summed E-state index contributed by atoms with van der Waals surface area (Å²) in [6.07, 6.45) is 0. The maximum Gasteiger partial charge on any atom is 1.00 e. The summed E-state index contributed by atoms with van der Waals surface area (Å²) in [4.78, 5) is 16.6. The van der Waals surface area contributed by atoms with Gasteiger partial charge in [0.2, 0.25) is 22.5 Å². The van der Waals surface area contributed by atoms with E-state index in [1.165, 1.54) is 24.3 Å². The number of benzene rings is 4. The number of anilines is 4. The van der Waals surface area contributed by atoms with Gasteiger partial charge in [0.05, 0.1) is 20.4 Å². The summed E-state index contributed by atoms with van der Waals surface area (Å²) in [6, 6.07) is 11.6. The molecular weight excluding hydrogens is 958 g/mol.